The van der Waals surface area contributed by atoms with Gasteiger partial charge in [-0.25, -0.2) is 0 Å². The lowest BCUT2D eigenvalue weighted by Crippen LogP contribution is -2.54. The van der Waals surface area contributed by atoms with Gasteiger partial charge in [-0.15, -0.1) is 0 Å². The molecule has 2 fully saturated rings. The Morgan fingerprint density at radius 3 is 2.14 bits per heavy atom. The highest BCUT2D eigenvalue weighted by atomic mass is 16.2. The lowest BCUT2D eigenvalue weighted by atomic mass is 9.88. The first kappa shape index (κ1) is 16.7. The van der Waals surface area contributed by atoms with Crippen LogP contribution in [0.1, 0.15) is 32.1 Å². The van der Waals surface area contributed by atoms with E-state index in [2.05, 4.69) is 5.32 Å². The van der Waals surface area contributed by atoms with E-state index >= 15 is 0 Å². The van der Waals surface area contributed by atoms with Crippen LogP contribution in [-0.4, -0.2) is 66.8 Å². The standard InChI is InChI=1S/C15H26N4O3/c16-10-13(20)17-11-14(21)18-6-8-19(9-7-18)15(22)12-4-2-1-3-5-12/h12H,1-11,16H2,(H,17,20). The largest absolute Gasteiger partial charge is 0.346 e. The fraction of sp³-hybridized carbons (Fsp3) is 0.800. The fourth-order valence-corrected chi connectivity index (χ4v) is 3.14. The molecule has 1 aliphatic carbocycles. The van der Waals surface area contributed by atoms with Crippen molar-refractivity contribution in [1.29, 1.82) is 0 Å². The maximum atomic E-state index is 12.4. The summed E-state index contributed by atoms with van der Waals surface area (Å²) in [5.74, 6) is -0.0193. The molecule has 0 aromatic rings. The van der Waals surface area contributed by atoms with Gasteiger partial charge in [0, 0.05) is 32.1 Å². The van der Waals surface area contributed by atoms with Gasteiger partial charge >= 0.3 is 0 Å². The van der Waals surface area contributed by atoms with Gasteiger partial charge in [-0.2, -0.15) is 0 Å². The van der Waals surface area contributed by atoms with Crippen LogP contribution in [0, 0.1) is 5.92 Å². The summed E-state index contributed by atoms with van der Waals surface area (Å²) in [6, 6.07) is 0. The summed E-state index contributed by atoms with van der Waals surface area (Å²) in [6.45, 7) is 2.12. The van der Waals surface area contributed by atoms with Crippen LogP contribution in [0.5, 0.6) is 0 Å². The predicted molar refractivity (Wildman–Crippen MR) is 81.8 cm³/mol. The van der Waals surface area contributed by atoms with Crippen molar-refractivity contribution in [3.8, 4) is 0 Å². The van der Waals surface area contributed by atoms with E-state index in [0.29, 0.717) is 26.2 Å². The summed E-state index contributed by atoms with van der Waals surface area (Å²) in [4.78, 5) is 39.0. The highest BCUT2D eigenvalue weighted by molar-refractivity contribution is 5.85. The number of rotatable bonds is 4. The molecule has 7 nitrogen and oxygen atoms in total. The lowest BCUT2D eigenvalue weighted by molar-refractivity contribution is -0.142. The second-order valence-electron chi connectivity index (χ2n) is 6.02. The Morgan fingerprint density at radius 1 is 0.955 bits per heavy atom. The number of carbonyl (C=O) groups excluding carboxylic acids is 3. The van der Waals surface area contributed by atoms with E-state index in [9.17, 15) is 14.4 Å². The first-order valence-corrected chi connectivity index (χ1v) is 8.15. The Labute approximate surface area is 131 Å². The number of nitrogens with zero attached hydrogens (tertiary/aromatic N) is 2. The van der Waals surface area contributed by atoms with Crippen molar-refractivity contribution >= 4 is 17.7 Å². The van der Waals surface area contributed by atoms with Crippen molar-refractivity contribution in [3.63, 3.8) is 0 Å². The van der Waals surface area contributed by atoms with Gasteiger partial charge in [0.25, 0.3) is 0 Å². The van der Waals surface area contributed by atoms with Crippen LogP contribution in [0.4, 0.5) is 0 Å². The SMILES string of the molecule is NCC(=O)NCC(=O)N1CCN(C(=O)C2CCCCC2)CC1. The Hall–Kier alpha value is -1.63. The van der Waals surface area contributed by atoms with Crippen LogP contribution < -0.4 is 11.1 Å². The van der Waals surface area contributed by atoms with Gasteiger partial charge in [-0.1, -0.05) is 19.3 Å². The van der Waals surface area contributed by atoms with E-state index in [4.69, 9.17) is 5.73 Å². The van der Waals surface area contributed by atoms with Gasteiger partial charge in [0.1, 0.15) is 0 Å². The zero-order chi connectivity index (χ0) is 15.9. The highest BCUT2D eigenvalue weighted by Crippen LogP contribution is 2.25. The predicted octanol–water partition coefficient (Wildman–Crippen LogP) is -0.688. The van der Waals surface area contributed by atoms with Gasteiger partial charge in [0.05, 0.1) is 13.1 Å². The van der Waals surface area contributed by atoms with E-state index in [-0.39, 0.29) is 36.7 Å². The summed E-state index contributed by atoms with van der Waals surface area (Å²) >= 11 is 0. The van der Waals surface area contributed by atoms with Crippen molar-refractivity contribution < 1.29 is 14.4 Å². The van der Waals surface area contributed by atoms with Gasteiger partial charge in [0.15, 0.2) is 0 Å². The molecule has 7 heteroatoms. The molecule has 3 amide bonds. The number of nitrogens with one attached hydrogen (secondary N) is 1. The van der Waals surface area contributed by atoms with Crippen molar-refractivity contribution in [2.24, 2.45) is 11.7 Å². The van der Waals surface area contributed by atoms with Crippen molar-refractivity contribution in [1.82, 2.24) is 15.1 Å². The molecule has 0 atom stereocenters. The van der Waals surface area contributed by atoms with Crippen LogP contribution >= 0.6 is 0 Å². The molecule has 1 saturated carbocycles. The minimum absolute atomic E-state index is 0.0212. The molecule has 0 bridgehead atoms. The molecule has 1 saturated heterocycles. The summed E-state index contributed by atoms with van der Waals surface area (Å²) in [6.07, 6.45) is 5.54. The Kier molecular flexibility index (Phi) is 6.18. The van der Waals surface area contributed by atoms with Crippen LogP contribution in [0.15, 0.2) is 0 Å². The second-order valence-corrected chi connectivity index (χ2v) is 6.02. The Balaban J connectivity index is 1.73. The summed E-state index contributed by atoms with van der Waals surface area (Å²) in [7, 11) is 0. The molecule has 0 spiro atoms. The second kappa shape index (κ2) is 8.12. The third kappa shape index (κ3) is 4.43. The van der Waals surface area contributed by atoms with E-state index < -0.39 is 0 Å². The van der Waals surface area contributed by atoms with E-state index in [0.717, 1.165) is 25.7 Å². The number of piperazine rings is 1. The van der Waals surface area contributed by atoms with Crippen molar-refractivity contribution in [3.05, 3.63) is 0 Å². The fourth-order valence-electron chi connectivity index (χ4n) is 3.14. The molecule has 2 rings (SSSR count). The summed E-state index contributed by atoms with van der Waals surface area (Å²) < 4.78 is 0. The molecule has 0 radical (unpaired) electrons. The molecule has 0 unspecified atom stereocenters. The van der Waals surface area contributed by atoms with E-state index in [1.165, 1.54) is 6.42 Å². The van der Waals surface area contributed by atoms with Crippen molar-refractivity contribution in [2.45, 2.75) is 32.1 Å². The monoisotopic (exact) mass is 310 g/mol. The molecule has 3 N–H and O–H groups in total. The lowest BCUT2D eigenvalue weighted by Gasteiger charge is -2.37. The molecule has 0 aromatic heterocycles. The normalized spacial score (nSPS) is 19.9. The van der Waals surface area contributed by atoms with Crippen LogP contribution in [0.2, 0.25) is 0 Å². The first-order chi connectivity index (χ1) is 10.6. The summed E-state index contributed by atoms with van der Waals surface area (Å²) in [5, 5.41) is 2.48. The number of nitrogens with two attached hydrogens (primary N) is 1. The number of hydrogen-bond donors (Lipinski definition) is 2. The van der Waals surface area contributed by atoms with Crippen LogP contribution in [0.3, 0.4) is 0 Å². The molecule has 2 aliphatic rings. The molecule has 124 valence electrons. The number of amides is 3. The van der Waals surface area contributed by atoms with Crippen molar-refractivity contribution in [2.75, 3.05) is 39.3 Å². The smallest absolute Gasteiger partial charge is 0.242 e. The topological polar surface area (TPSA) is 95.7 Å². The van der Waals surface area contributed by atoms with Gasteiger partial charge in [0.2, 0.25) is 17.7 Å². The highest BCUT2D eigenvalue weighted by Gasteiger charge is 2.29. The van der Waals surface area contributed by atoms with Gasteiger partial charge in [-0.05, 0) is 12.8 Å². The van der Waals surface area contributed by atoms with Gasteiger partial charge < -0.3 is 20.9 Å². The Bertz CT molecular complexity index is 413. The average Bonchev–Trinajstić information content (AvgIpc) is 2.59. The van der Waals surface area contributed by atoms with E-state index in [1.807, 2.05) is 4.90 Å². The van der Waals surface area contributed by atoms with E-state index in [1.54, 1.807) is 4.90 Å². The first-order valence-electron chi connectivity index (χ1n) is 8.15. The Morgan fingerprint density at radius 2 is 1.55 bits per heavy atom. The third-order valence-corrected chi connectivity index (χ3v) is 4.52. The van der Waals surface area contributed by atoms with Crippen LogP contribution in [0.25, 0.3) is 0 Å². The molecular weight excluding hydrogens is 284 g/mol. The molecule has 0 aromatic carbocycles. The maximum Gasteiger partial charge on any atom is 0.242 e. The zero-order valence-corrected chi connectivity index (χ0v) is 13.1. The minimum atomic E-state index is -0.334. The third-order valence-electron chi connectivity index (χ3n) is 4.52. The van der Waals surface area contributed by atoms with Gasteiger partial charge in [-0.3, -0.25) is 14.4 Å². The number of hydrogen-bond acceptors (Lipinski definition) is 4. The summed E-state index contributed by atoms with van der Waals surface area (Å²) in [5.41, 5.74) is 5.18. The number of carbonyl (C=O) groups is 3. The average molecular weight is 310 g/mol. The molecular formula is C15H26N4O3. The minimum Gasteiger partial charge on any atom is -0.346 e. The molecule has 1 aliphatic heterocycles. The molecule has 22 heavy (non-hydrogen) atoms. The quantitative estimate of drug-likeness (QED) is 0.718. The zero-order valence-electron chi connectivity index (χ0n) is 13.1. The van der Waals surface area contributed by atoms with Crippen LogP contribution in [-0.2, 0) is 14.4 Å². The maximum absolute atomic E-state index is 12.4. The molecule has 1 heterocycles.